The number of hydrogen-bond acceptors (Lipinski definition) is 5. The monoisotopic (exact) mass is 458 g/mol. The van der Waals surface area contributed by atoms with Crippen LogP contribution in [0.5, 0.6) is 17.2 Å². The van der Waals surface area contributed by atoms with Crippen molar-refractivity contribution in [2.24, 2.45) is 7.05 Å². The van der Waals surface area contributed by atoms with Gasteiger partial charge in [0.25, 0.3) is 5.91 Å². The van der Waals surface area contributed by atoms with Gasteiger partial charge in [-0.2, -0.15) is 0 Å². The minimum Gasteiger partial charge on any atom is -0.493 e. The molecule has 7 nitrogen and oxygen atoms in total. The number of hydrogen-bond donors (Lipinski definition) is 2. The van der Waals surface area contributed by atoms with Crippen LogP contribution >= 0.6 is 0 Å². The predicted molar refractivity (Wildman–Crippen MR) is 134 cm³/mol. The van der Waals surface area contributed by atoms with Crippen molar-refractivity contribution in [3.05, 3.63) is 77.9 Å². The summed E-state index contributed by atoms with van der Waals surface area (Å²) in [4.78, 5) is 11.4. The molecule has 0 saturated carbocycles. The summed E-state index contributed by atoms with van der Waals surface area (Å²) in [5.41, 5.74) is 7.21. The minimum absolute atomic E-state index is 0.529. The molecular formula is C27H26N2O5. The third-order valence-corrected chi connectivity index (χ3v) is 5.93. The van der Waals surface area contributed by atoms with Crippen LogP contribution in [0, 0.1) is 0 Å². The van der Waals surface area contributed by atoms with Gasteiger partial charge in [0.2, 0.25) is 5.75 Å². The van der Waals surface area contributed by atoms with Gasteiger partial charge in [0, 0.05) is 34.9 Å². The maximum Gasteiger partial charge on any atom is 0.267 e. The molecule has 1 heterocycles. The molecule has 4 aromatic rings. The molecule has 0 aliphatic heterocycles. The number of benzene rings is 3. The zero-order chi connectivity index (χ0) is 24.4. The molecule has 4 rings (SSSR count). The summed E-state index contributed by atoms with van der Waals surface area (Å²) in [5.74, 6) is 1.07. The van der Waals surface area contributed by atoms with Crippen molar-refractivity contribution >= 4 is 39.4 Å². The van der Waals surface area contributed by atoms with E-state index in [0.29, 0.717) is 17.2 Å². The van der Waals surface area contributed by atoms with E-state index in [2.05, 4.69) is 23.3 Å². The Hall–Kier alpha value is -4.23. The summed E-state index contributed by atoms with van der Waals surface area (Å²) in [7, 11) is 6.76. The number of carbonyl (C=O) groups excluding carboxylic acids is 1. The Bertz CT molecular complexity index is 1420. The van der Waals surface area contributed by atoms with Gasteiger partial charge in [-0.3, -0.25) is 10.0 Å². The van der Waals surface area contributed by atoms with Crippen LogP contribution in [-0.2, 0) is 11.8 Å². The van der Waals surface area contributed by atoms with Gasteiger partial charge in [-0.25, -0.2) is 5.48 Å². The quantitative estimate of drug-likeness (QED) is 0.233. The molecule has 0 atom stereocenters. The molecule has 0 bridgehead atoms. The van der Waals surface area contributed by atoms with Crippen molar-refractivity contribution in [1.82, 2.24) is 10.0 Å². The van der Waals surface area contributed by atoms with Crippen molar-refractivity contribution in [2.45, 2.75) is 0 Å². The lowest BCUT2D eigenvalue weighted by molar-refractivity contribution is -0.124. The average molecular weight is 459 g/mol. The Balaban J connectivity index is 1.83. The van der Waals surface area contributed by atoms with Crippen molar-refractivity contribution < 1.29 is 24.2 Å². The van der Waals surface area contributed by atoms with Gasteiger partial charge in [-0.1, -0.05) is 18.7 Å². The third kappa shape index (κ3) is 3.97. The summed E-state index contributed by atoms with van der Waals surface area (Å²) in [6.45, 7) is 4.33. The lowest BCUT2D eigenvalue weighted by Crippen LogP contribution is -2.14. The van der Waals surface area contributed by atoms with Gasteiger partial charge in [0.15, 0.2) is 11.5 Å². The molecule has 34 heavy (non-hydrogen) atoms. The number of amides is 1. The normalized spacial score (nSPS) is 11.2. The molecule has 0 saturated heterocycles. The molecule has 1 aromatic heterocycles. The van der Waals surface area contributed by atoms with E-state index < -0.39 is 5.91 Å². The standard InChI is InChI=1S/C27H26N2O5/c1-16(19-14-24(32-3)27(34-5)25(15-19)33-4)18-8-10-23-21(13-18)20-12-17(7-11-26(30)28-31)6-9-22(20)29(23)2/h6-15,31H,1H2,2-5H3,(H,28,30)/b11-7+. The molecule has 0 radical (unpaired) electrons. The number of nitrogens with zero attached hydrogens (tertiary/aromatic N) is 1. The number of methoxy groups -OCH3 is 3. The van der Waals surface area contributed by atoms with E-state index in [9.17, 15) is 4.79 Å². The highest BCUT2D eigenvalue weighted by atomic mass is 16.5. The van der Waals surface area contributed by atoms with Gasteiger partial charge in [-0.15, -0.1) is 0 Å². The van der Waals surface area contributed by atoms with Crippen LogP contribution in [0.2, 0.25) is 0 Å². The number of aryl methyl sites for hydroxylation is 1. The molecule has 2 N–H and O–H groups in total. The number of fused-ring (bicyclic) bond motifs is 3. The molecule has 3 aromatic carbocycles. The van der Waals surface area contributed by atoms with Crippen molar-refractivity contribution in [2.75, 3.05) is 21.3 Å². The first-order valence-corrected chi connectivity index (χ1v) is 10.6. The van der Waals surface area contributed by atoms with E-state index >= 15 is 0 Å². The number of carbonyl (C=O) groups is 1. The molecule has 0 spiro atoms. The average Bonchev–Trinajstić information content (AvgIpc) is 3.16. The summed E-state index contributed by atoms with van der Waals surface area (Å²) < 4.78 is 18.6. The van der Waals surface area contributed by atoms with E-state index in [-0.39, 0.29) is 0 Å². The Labute approximate surface area is 197 Å². The zero-order valence-electron chi connectivity index (χ0n) is 19.5. The number of nitrogens with one attached hydrogen (secondary N) is 1. The molecular weight excluding hydrogens is 432 g/mol. The highest BCUT2D eigenvalue weighted by molar-refractivity contribution is 6.10. The molecule has 7 heteroatoms. The van der Waals surface area contributed by atoms with E-state index in [1.54, 1.807) is 32.9 Å². The van der Waals surface area contributed by atoms with Crippen LogP contribution < -0.4 is 19.7 Å². The fourth-order valence-electron chi connectivity index (χ4n) is 4.16. The summed E-state index contributed by atoms with van der Waals surface area (Å²) in [6.07, 6.45) is 2.94. The number of aromatic nitrogens is 1. The Morgan fingerprint density at radius 1 is 0.912 bits per heavy atom. The van der Waals surface area contributed by atoms with Gasteiger partial charge < -0.3 is 18.8 Å². The first kappa shape index (κ1) is 22.9. The fourth-order valence-corrected chi connectivity index (χ4v) is 4.16. The molecule has 1 amide bonds. The van der Waals surface area contributed by atoms with Crippen molar-refractivity contribution in [1.29, 1.82) is 0 Å². The van der Waals surface area contributed by atoms with E-state index in [0.717, 1.165) is 44.1 Å². The SMILES string of the molecule is C=C(c1cc(OC)c(OC)c(OC)c1)c1ccc2c(c1)c1cc(/C=C/C(=O)NO)ccc1n2C. The Morgan fingerprint density at radius 2 is 1.53 bits per heavy atom. The van der Waals surface area contributed by atoms with Crippen molar-refractivity contribution in [3.8, 4) is 17.2 Å². The highest BCUT2D eigenvalue weighted by Gasteiger charge is 2.16. The first-order chi connectivity index (χ1) is 16.4. The lowest BCUT2D eigenvalue weighted by Gasteiger charge is -2.15. The second-order valence-electron chi connectivity index (χ2n) is 7.77. The maximum absolute atomic E-state index is 11.4. The van der Waals surface area contributed by atoms with Gasteiger partial charge in [0.05, 0.1) is 21.3 Å². The first-order valence-electron chi connectivity index (χ1n) is 10.6. The van der Waals surface area contributed by atoms with E-state index in [4.69, 9.17) is 19.4 Å². The van der Waals surface area contributed by atoms with E-state index in [1.165, 1.54) is 6.08 Å². The molecule has 0 unspecified atom stereocenters. The van der Waals surface area contributed by atoms with Crippen LogP contribution in [0.25, 0.3) is 33.5 Å². The summed E-state index contributed by atoms with van der Waals surface area (Å²) >= 11 is 0. The second kappa shape index (κ2) is 9.33. The van der Waals surface area contributed by atoms with Gasteiger partial charge in [-0.05, 0) is 64.7 Å². The van der Waals surface area contributed by atoms with Crippen LogP contribution in [0.1, 0.15) is 16.7 Å². The molecule has 174 valence electrons. The van der Waals surface area contributed by atoms with Crippen LogP contribution in [-0.4, -0.2) is 37.0 Å². The maximum atomic E-state index is 11.4. The van der Waals surface area contributed by atoms with Crippen molar-refractivity contribution in [3.63, 3.8) is 0 Å². The van der Waals surface area contributed by atoms with Crippen LogP contribution in [0.4, 0.5) is 0 Å². The topological polar surface area (TPSA) is 82.0 Å². The minimum atomic E-state index is -0.582. The van der Waals surface area contributed by atoms with Crippen LogP contribution in [0.3, 0.4) is 0 Å². The predicted octanol–water partition coefficient (Wildman–Crippen LogP) is 4.94. The number of rotatable bonds is 7. The lowest BCUT2D eigenvalue weighted by atomic mass is 9.97. The highest BCUT2D eigenvalue weighted by Crippen LogP contribution is 2.41. The van der Waals surface area contributed by atoms with Crippen LogP contribution in [0.15, 0.2) is 61.2 Å². The summed E-state index contributed by atoms with van der Waals surface area (Å²) in [6, 6.07) is 15.9. The second-order valence-corrected chi connectivity index (χ2v) is 7.77. The number of ether oxygens (including phenoxy) is 3. The third-order valence-electron chi connectivity index (χ3n) is 5.93. The molecule has 0 fully saturated rings. The fraction of sp³-hybridized carbons (Fsp3) is 0.148. The smallest absolute Gasteiger partial charge is 0.267 e. The van der Waals surface area contributed by atoms with E-state index in [1.807, 2.05) is 43.4 Å². The van der Waals surface area contributed by atoms with Gasteiger partial charge in [0.1, 0.15) is 0 Å². The zero-order valence-corrected chi connectivity index (χ0v) is 19.5. The van der Waals surface area contributed by atoms with Gasteiger partial charge >= 0.3 is 0 Å². The Kier molecular flexibility index (Phi) is 6.30. The largest absolute Gasteiger partial charge is 0.493 e. The molecule has 0 aliphatic carbocycles. The summed E-state index contributed by atoms with van der Waals surface area (Å²) in [5, 5.41) is 10.8. The number of hydroxylamine groups is 1. The Morgan fingerprint density at radius 3 is 2.12 bits per heavy atom. The molecule has 0 aliphatic rings.